The van der Waals surface area contributed by atoms with E-state index in [1.54, 1.807) is 35.4 Å². The minimum absolute atomic E-state index is 0.368. The van der Waals surface area contributed by atoms with Crippen molar-refractivity contribution in [3.8, 4) is 23.0 Å². The van der Waals surface area contributed by atoms with E-state index >= 15 is 0 Å². The number of nitrogens with zero attached hydrogens (tertiary/aromatic N) is 5. The summed E-state index contributed by atoms with van der Waals surface area (Å²) < 4.78 is 1.70. The highest BCUT2D eigenvalue weighted by atomic mass is 15.3. The van der Waals surface area contributed by atoms with Gasteiger partial charge in [-0.05, 0) is 18.2 Å². The van der Waals surface area contributed by atoms with Crippen molar-refractivity contribution in [2.45, 2.75) is 0 Å². The van der Waals surface area contributed by atoms with Gasteiger partial charge in [-0.1, -0.05) is 6.07 Å². The number of aromatic nitrogens is 4. The van der Waals surface area contributed by atoms with Gasteiger partial charge in [0, 0.05) is 30.2 Å². The van der Waals surface area contributed by atoms with Crippen molar-refractivity contribution in [3.63, 3.8) is 0 Å². The predicted octanol–water partition coefficient (Wildman–Crippen LogP) is 2.20. The van der Waals surface area contributed by atoms with Crippen LogP contribution < -0.4 is 0 Å². The fraction of sp³-hybridized carbons (Fsp3) is 0. The lowest BCUT2D eigenvalue weighted by atomic mass is 10.2. The minimum Gasteiger partial charge on any atom is -0.256 e. The van der Waals surface area contributed by atoms with Crippen LogP contribution in [-0.4, -0.2) is 19.7 Å². The number of hydrogen-bond acceptors (Lipinski definition) is 4. The second-order valence-corrected chi connectivity index (χ2v) is 3.90. The lowest BCUT2D eigenvalue weighted by molar-refractivity contribution is 0.876. The van der Waals surface area contributed by atoms with Crippen LogP contribution in [0.3, 0.4) is 0 Å². The SMILES string of the molecule is N#Cc1cc(-n2cc(-c3ccccn3)cn2)ccn1. The van der Waals surface area contributed by atoms with Crippen LogP contribution in [0, 0.1) is 11.3 Å². The Hall–Kier alpha value is -3.00. The van der Waals surface area contributed by atoms with Crippen molar-refractivity contribution >= 4 is 0 Å². The monoisotopic (exact) mass is 247 g/mol. The topological polar surface area (TPSA) is 67.4 Å². The van der Waals surface area contributed by atoms with E-state index in [1.807, 2.05) is 30.5 Å². The largest absolute Gasteiger partial charge is 0.256 e. The normalized spacial score (nSPS) is 10.1. The molecule has 0 aliphatic rings. The summed E-state index contributed by atoms with van der Waals surface area (Å²) >= 11 is 0. The van der Waals surface area contributed by atoms with Gasteiger partial charge in [-0.25, -0.2) is 9.67 Å². The third-order valence-corrected chi connectivity index (χ3v) is 2.67. The lowest BCUT2D eigenvalue weighted by Gasteiger charge is -2.00. The van der Waals surface area contributed by atoms with Crippen molar-refractivity contribution < 1.29 is 0 Å². The van der Waals surface area contributed by atoms with E-state index in [1.165, 1.54) is 0 Å². The molecule has 5 nitrogen and oxygen atoms in total. The molecule has 3 aromatic heterocycles. The van der Waals surface area contributed by atoms with Crippen LogP contribution in [0.15, 0.2) is 55.1 Å². The maximum atomic E-state index is 8.84. The van der Waals surface area contributed by atoms with Gasteiger partial charge in [-0.2, -0.15) is 10.4 Å². The van der Waals surface area contributed by atoms with Gasteiger partial charge in [-0.15, -0.1) is 0 Å². The summed E-state index contributed by atoms with van der Waals surface area (Å²) in [6.07, 6.45) is 6.95. The van der Waals surface area contributed by atoms with Crippen LogP contribution >= 0.6 is 0 Å². The quantitative estimate of drug-likeness (QED) is 0.696. The molecule has 0 radical (unpaired) electrons. The first-order valence-electron chi connectivity index (χ1n) is 5.69. The summed E-state index contributed by atoms with van der Waals surface area (Å²) in [4.78, 5) is 8.21. The Balaban J connectivity index is 2.00. The molecule has 0 aliphatic carbocycles. The van der Waals surface area contributed by atoms with Gasteiger partial charge in [0.15, 0.2) is 0 Å². The Labute approximate surface area is 109 Å². The Bertz CT molecular complexity index is 740. The van der Waals surface area contributed by atoms with Crippen molar-refractivity contribution in [3.05, 3.63) is 60.8 Å². The van der Waals surface area contributed by atoms with Crippen LogP contribution in [-0.2, 0) is 0 Å². The van der Waals surface area contributed by atoms with Gasteiger partial charge in [0.2, 0.25) is 0 Å². The van der Waals surface area contributed by atoms with Gasteiger partial charge < -0.3 is 0 Å². The zero-order chi connectivity index (χ0) is 13.1. The van der Waals surface area contributed by atoms with E-state index in [4.69, 9.17) is 5.26 Å². The van der Waals surface area contributed by atoms with Gasteiger partial charge in [0.05, 0.1) is 17.6 Å². The summed E-state index contributed by atoms with van der Waals surface area (Å²) in [5, 5.41) is 13.1. The molecule has 0 fully saturated rings. The Morgan fingerprint density at radius 3 is 2.84 bits per heavy atom. The number of rotatable bonds is 2. The van der Waals surface area contributed by atoms with E-state index in [2.05, 4.69) is 15.1 Å². The molecule has 0 saturated carbocycles. The zero-order valence-corrected chi connectivity index (χ0v) is 9.93. The molecule has 5 heteroatoms. The summed E-state index contributed by atoms with van der Waals surface area (Å²) in [7, 11) is 0. The molecule has 90 valence electrons. The molecule has 0 N–H and O–H groups in total. The Morgan fingerprint density at radius 2 is 2.05 bits per heavy atom. The molecule has 0 unspecified atom stereocenters. The van der Waals surface area contributed by atoms with Crippen LogP contribution in [0.2, 0.25) is 0 Å². The molecule has 0 saturated heterocycles. The Morgan fingerprint density at radius 1 is 1.11 bits per heavy atom. The van der Waals surface area contributed by atoms with E-state index in [0.717, 1.165) is 16.9 Å². The molecule has 0 aliphatic heterocycles. The maximum Gasteiger partial charge on any atom is 0.142 e. The Kier molecular flexibility index (Phi) is 2.75. The third-order valence-electron chi connectivity index (χ3n) is 2.67. The molecule has 0 atom stereocenters. The highest BCUT2D eigenvalue weighted by molar-refractivity contribution is 5.57. The van der Waals surface area contributed by atoms with Crippen LogP contribution in [0.5, 0.6) is 0 Å². The molecular formula is C14H9N5. The second kappa shape index (κ2) is 4.70. The molecular weight excluding hydrogens is 238 g/mol. The van der Waals surface area contributed by atoms with E-state index in [9.17, 15) is 0 Å². The first-order chi connectivity index (χ1) is 9.36. The van der Waals surface area contributed by atoms with Crippen molar-refractivity contribution in [1.29, 1.82) is 5.26 Å². The molecule has 0 amide bonds. The predicted molar refractivity (Wildman–Crippen MR) is 69.3 cm³/mol. The summed E-state index contributed by atoms with van der Waals surface area (Å²) in [5.74, 6) is 0. The average Bonchev–Trinajstić information content (AvgIpc) is 2.98. The molecule has 0 aromatic carbocycles. The standard InChI is InChI=1S/C14H9N5/c15-8-12-7-13(4-6-16-12)19-10-11(9-18-19)14-3-1-2-5-17-14/h1-7,9-10H. The van der Waals surface area contributed by atoms with Gasteiger partial charge in [0.25, 0.3) is 0 Å². The second-order valence-electron chi connectivity index (χ2n) is 3.90. The average molecular weight is 247 g/mol. The molecule has 19 heavy (non-hydrogen) atoms. The first-order valence-corrected chi connectivity index (χ1v) is 5.69. The molecule has 3 heterocycles. The van der Waals surface area contributed by atoms with Gasteiger partial charge in [-0.3, -0.25) is 4.98 Å². The minimum atomic E-state index is 0.368. The molecule has 3 rings (SSSR count). The highest BCUT2D eigenvalue weighted by Crippen LogP contribution is 2.17. The summed E-state index contributed by atoms with van der Waals surface area (Å²) in [6.45, 7) is 0. The van der Waals surface area contributed by atoms with Crippen LogP contribution in [0.25, 0.3) is 16.9 Å². The first kappa shape index (κ1) is 11.1. The fourth-order valence-corrected chi connectivity index (χ4v) is 1.75. The lowest BCUT2D eigenvalue weighted by Crippen LogP contribution is -1.95. The van der Waals surface area contributed by atoms with Crippen molar-refractivity contribution in [2.75, 3.05) is 0 Å². The number of hydrogen-bond donors (Lipinski definition) is 0. The third kappa shape index (κ3) is 2.19. The highest BCUT2D eigenvalue weighted by Gasteiger charge is 2.04. The maximum absolute atomic E-state index is 8.84. The van der Waals surface area contributed by atoms with Crippen LogP contribution in [0.4, 0.5) is 0 Å². The number of nitriles is 1. The molecule has 0 bridgehead atoms. The fourth-order valence-electron chi connectivity index (χ4n) is 1.75. The molecule has 0 spiro atoms. The number of pyridine rings is 2. The summed E-state index contributed by atoms with van der Waals surface area (Å²) in [6, 6.07) is 11.2. The summed E-state index contributed by atoms with van der Waals surface area (Å²) in [5.41, 5.74) is 2.96. The van der Waals surface area contributed by atoms with Crippen molar-refractivity contribution in [1.82, 2.24) is 19.7 Å². The van der Waals surface area contributed by atoms with E-state index < -0.39 is 0 Å². The van der Waals surface area contributed by atoms with Crippen molar-refractivity contribution in [2.24, 2.45) is 0 Å². The van der Waals surface area contributed by atoms with Crippen LogP contribution in [0.1, 0.15) is 5.69 Å². The van der Waals surface area contributed by atoms with E-state index in [0.29, 0.717) is 5.69 Å². The van der Waals surface area contributed by atoms with E-state index in [-0.39, 0.29) is 0 Å². The molecule has 3 aromatic rings. The zero-order valence-electron chi connectivity index (χ0n) is 9.93. The van der Waals surface area contributed by atoms with Gasteiger partial charge in [0.1, 0.15) is 11.8 Å². The van der Waals surface area contributed by atoms with Gasteiger partial charge >= 0.3 is 0 Å². The smallest absolute Gasteiger partial charge is 0.142 e.